The summed E-state index contributed by atoms with van der Waals surface area (Å²) in [6.45, 7) is 1.95. The smallest absolute Gasteiger partial charge is 0.163 e. The van der Waals surface area contributed by atoms with Crippen molar-refractivity contribution in [2.75, 3.05) is 0 Å². The van der Waals surface area contributed by atoms with Gasteiger partial charge in [-0.25, -0.2) is 4.98 Å². The van der Waals surface area contributed by atoms with Crippen LogP contribution in [0.3, 0.4) is 0 Å². The fourth-order valence-electron chi connectivity index (χ4n) is 0.815. The van der Waals surface area contributed by atoms with E-state index >= 15 is 0 Å². The van der Waals surface area contributed by atoms with E-state index in [2.05, 4.69) is 9.36 Å². The van der Waals surface area contributed by atoms with E-state index in [1.807, 2.05) is 6.92 Å². The van der Waals surface area contributed by atoms with E-state index in [0.29, 0.717) is 0 Å². The highest BCUT2D eigenvalue weighted by atomic mass is 35.5. The molecule has 4 heteroatoms. The molecule has 0 aliphatic heterocycles. The standard InChI is InChI=1S/C6H7ClN2S/c1-4-8-5(9-10-4)6(7)2-3-6/h2-3H2,1H3. The van der Waals surface area contributed by atoms with Crippen molar-refractivity contribution in [3.8, 4) is 0 Å². The molecule has 0 radical (unpaired) electrons. The number of nitrogens with zero attached hydrogens (tertiary/aromatic N) is 2. The highest BCUT2D eigenvalue weighted by Crippen LogP contribution is 2.50. The summed E-state index contributed by atoms with van der Waals surface area (Å²) in [5, 5.41) is 1.00. The third-order valence-corrected chi connectivity index (χ3v) is 2.78. The molecule has 0 N–H and O–H groups in total. The maximum absolute atomic E-state index is 6.06. The van der Waals surface area contributed by atoms with Crippen LogP contribution in [0.1, 0.15) is 23.7 Å². The Hall–Kier alpha value is -0.150. The zero-order valence-electron chi connectivity index (χ0n) is 5.59. The third-order valence-electron chi connectivity index (χ3n) is 1.62. The summed E-state index contributed by atoms with van der Waals surface area (Å²) in [6.07, 6.45) is 2.06. The van der Waals surface area contributed by atoms with Gasteiger partial charge in [-0.05, 0) is 31.3 Å². The summed E-state index contributed by atoms with van der Waals surface area (Å²) in [4.78, 5) is 4.04. The van der Waals surface area contributed by atoms with Gasteiger partial charge in [0.15, 0.2) is 5.82 Å². The predicted octanol–water partition coefficient (Wildman–Crippen LogP) is 2.07. The maximum Gasteiger partial charge on any atom is 0.163 e. The molecule has 1 aliphatic rings. The molecule has 0 atom stereocenters. The molecule has 0 bridgehead atoms. The first-order valence-electron chi connectivity index (χ1n) is 3.20. The second kappa shape index (κ2) is 1.92. The predicted molar refractivity (Wildman–Crippen MR) is 41.4 cm³/mol. The fraction of sp³-hybridized carbons (Fsp3) is 0.667. The van der Waals surface area contributed by atoms with Gasteiger partial charge in [0.2, 0.25) is 0 Å². The van der Waals surface area contributed by atoms with Gasteiger partial charge in [-0.15, -0.1) is 11.6 Å². The molecular weight excluding hydrogens is 168 g/mol. The Labute approximate surface area is 68.4 Å². The number of halogens is 1. The number of hydrogen-bond acceptors (Lipinski definition) is 3. The minimum Gasteiger partial charge on any atom is -0.223 e. The van der Waals surface area contributed by atoms with Crippen LogP contribution in [0, 0.1) is 6.92 Å². The van der Waals surface area contributed by atoms with Gasteiger partial charge in [-0.3, -0.25) is 0 Å². The van der Waals surface area contributed by atoms with Gasteiger partial charge < -0.3 is 0 Å². The van der Waals surface area contributed by atoms with E-state index in [4.69, 9.17) is 11.6 Å². The second-order valence-corrected chi connectivity index (χ2v) is 4.28. The summed E-state index contributed by atoms with van der Waals surface area (Å²) in [5.74, 6) is 0.830. The quantitative estimate of drug-likeness (QED) is 0.610. The minimum atomic E-state index is -0.176. The molecule has 2 nitrogen and oxygen atoms in total. The molecule has 10 heavy (non-hydrogen) atoms. The lowest BCUT2D eigenvalue weighted by molar-refractivity contribution is 0.896. The van der Waals surface area contributed by atoms with Crippen LogP contribution in [-0.4, -0.2) is 9.36 Å². The fourth-order valence-corrected chi connectivity index (χ4v) is 1.61. The average molecular weight is 175 g/mol. The van der Waals surface area contributed by atoms with Crippen molar-refractivity contribution in [1.82, 2.24) is 9.36 Å². The lowest BCUT2D eigenvalue weighted by Crippen LogP contribution is -1.97. The van der Waals surface area contributed by atoms with Gasteiger partial charge in [-0.1, -0.05) is 0 Å². The Balaban J connectivity index is 2.34. The molecule has 1 aromatic heterocycles. The van der Waals surface area contributed by atoms with E-state index in [-0.39, 0.29) is 4.87 Å². The van der Waals surface area contributed by atoms with E-state index < -0.39 is 0 Å². The zero-order valence-corrected chi connectivity index (χ0v) is 7.17. The largest absolute Gasteiger partial charge is 0.223 e. The first kappa shape index (κ1) is 6.55. The molecular formula is C6H7ClN2S. The molecule has 0 unspecified atom stereocenters. The first-order chi connectivity index (χ1) is 4.71. The van der Waals surface area contributed by atoms with Crippen LogP contribution in [0.25, 0.3) is 0 Å². The van der Waals surface area contributed by atoms with E-state index in [9.17, 15) is 0 Å². The van der Waals surface area contributed by atoms with Crippen LogP contribution in [0.15, 0.2) is 0 Å². The Bertz CT molecular complexity index is 254. The van der Waals surface area contributed by atoms with Crippen LogP contribution in [0.5, 0.6) is 0 Å². The Morgan fingerprint density at radius 2 is 2.30 bits per heavy atom. The monoisotopic (exact) mass is 174 g/mol. The molecule has 0 aromatic carbocycles. The summed E-state index contributed by atoms with van der Waals surface area (Å²) in [5.41, 5.74) is 0. The van der Waals surface area contributed by atoms with E-state index in [1.165, 1.54) is 11.5 Å². The van der Waals surface area contributed by atoms with E-state index in [1.54, 1.807) is 0 Å². The lowest BCUT2D eigenvalue weighted by atomic mass is 10.4. The first-order valence-corrected chi connectivity index (χ1v) is 4.35. The SMILES string of the molecule is Cc1nc(C2(Cl)CC2)ns1. The molecule has 2 rings (SSSR count). The molecule has 1 saturated carbocycles. The second-order valence-electron chi connectivity index (χ2n) is 2.60. The van der Waals surface area contributed by atoms with Crippen LogP contribution >= 0.6 is 23.1 Å². The van der Waals surface area contributed by atoms with Crippen molar-refractivity contribution in [2.24, 2.45) is 0 Å². The van der Waals surface area contributed by atoms with Crippen molar-refractivity contribution in [2.45, 2.75) is 24.6 Å². The zero-order chi connectivity index (χ0) is 7.19. The number of rotatable bonds is 1. The molecule has 54 valence electrons. The van der Waals surface area contributed by atoms with Crippen LogP contribution in [-0.2, 0) is 4.87 Å². The van der Waals surface area contributed by atoms with Crippen molar-refractivity contribution >= 4 is 23.1 Å². The van der Waals surface area contributed by atoms with Crippen LogP contribution in [0.2, 0.25) is 0 Å². The van der Waals surface area contributed by atoms with Gasteiger partial charge in [0.25, 0.3) is 0 Å². The average Bonchev–Trinajstić information content (AvgIpc) is 2.45. The van der Waals surface area contributed by atoms with Gasteiger partial charge >= 0.3 is 0 Å². The molecule has 1 fully saturated rings. The van der Waals surface area contributed by atoms with Crippen molar-refractivity contribution in [1.29, 1.82) is 0 Å². The number of aryl methyl sites for hydroxylation is 1. The van der Waals surface area contributed by atoms with Crippen molar-refractivity contribution in [3.05, 3.63) is 10.8 Å². The molecule has 1 aromatic rings. The summed E-state index contributed by atoms with van der Waals surface area (Å²) >= 11 is 7.49. The van der Waals surface area contributed by atoms with Crippen molar-refractivity contribution < 1.29 is 0 Å². The lowest BCUT2D eigenvalue weighted by Gasteiger charge is -1.95. The van der Waals surface area contributed by atoms with Gasteiger partial charge in [0.1, 0.15) is 9.88 Å². The van der Waals surface area contributed by atoms with E-state index in [0.717, 1.165) is 23.7 Å². The summed E-state index contributed by atoms with van der Waals surface area (Å²) in [6, 6.07) is 0. The number of aromatic nitrogens is 2. The van der Waals surface area contributed by atoms with Crippen LogP contribution in [0.4, 0.5) is 0 Å². The molecule has 0 saturated heterocycles. The summed E-state index contributed by atoms with van der Waals surface area (Å²) < 4.78 is 4.15. The number of hydrogen-bond donors (Lipinski definition) is 0. The van der Waals surface area contributed by atoms with Gasteiger partial charge in [0, 0.05) is 0 Å². The third kappa shape index (κ3) is 0.935. The molecule has 1 aliphatic carbocycles. The van der Waals surface area contributed by atoms with Crippen LogP contribution < -0.4 is 0 Å². The number of alkyl halides is 1. The molecule has 0 amide bonds. The van der Waals surface area contributed by atoms with Gasteiger partial charge in [-0.2, -0.15) is 4.37 Å². The molecule has 1 heterocycles. The van der Waals surface area contributed by atoms with Gasteiger partial charge in [0.05, 0.1) is 0 Å². The Kier molecular flexibility index (Phi) is 1.26. The topological polar surface area (TPSA) is 25.8 Å². The highest BCUT2D eigenvalue weighted by molar-refractivity contribution is 7.05. The normalized spacial score (nSPS) is 21.0. The summed E-state index contributed by atoms with van der Waals surface area (Å²) in [7, 11) is 0. The highest BCUT2D eigenvalue weighted by Gasteiger charge is 2.45. The Morgan fingerprint density at radius 1 is 1.60 bits per heavy atom. The van der Waals surface area contributed by atoms with Crippen molar-refractivity contribution in [3.63, 3.8) is 0 Å². The Morgan fingerprint density at radius 3 is 2.70 bits per heavy atom. The maximum atomic E-state index is 6.06. The minimum absolute atomic E-state index is 0.176. The molecule has 0 spiro atoms.